The Morgan fingerprint density at radius 1 is 0.298 bits per heavy atom. The Hall–Kier alpha value is -7.56. The number of aryl methyl sites for hydroxylation is 1. The van der Waals surface area contributed by atoms with E-state index in [2.05, 4.69) is 170 Å². The first-order valence-electron chi connectivity index (χ1n) is 19.2. The Labute approximate surface area is 331 Å². The molecule has 4 nitrogen and oxygen atoms in total. The number of rotatable bonds is 7. The van der Waals surface area contributed by atoms with Crippen molar-refractivity contribution in [2.75, 3.05) is 0 Å². The van der Waals surface area contributed by atoms with Gasteiger partial charge in [-0.1, -0.05) is 182 Å². The molecule has 0 aliphatic rings. The molecule has 3 aromatic heterocycles. The number of hydrogen-bond donors (Lipinski definition) is 0. The molecule has 0 fully saturated rings. The summed E-state index contributed by atoms with van der Waals surface area (Å²) in [4.78, 5) is 20.2. The minimum atomic E-state index is 0.702. The molecule has 7 aromatic carbocycles. The quantitative estimate of drug-likeness (QED) is 0.153. The monoisotopic (exact) mass is 728 g/mol. The van der Waals surface area contributed by atoms with Crippen LogP contribution in [-0.2, 0) is 0 Å². The van der Waals surface area contributed by atoms with E-state index in [4.69, 9.17) is 19.9 Å². The second-order valence-electron chi connectivity index (χ2n) is 14.3. The maximum Gasteiger partial charge on any atom is 0.160 e. The van der Waals surface area contributed by atoms with E-state index in [0.717, 1.165) is 89.1 Å². The highest BCUT2D eigenvalue weighted by Gasteiger charge is 2.15. The van der Waals surface area contributed by atoms with E-state index in [9.17, 15) is 0 Å². The Morgan fingerprint density at radius 3 is 1.28 bits per heavy atom. The second-order valence-corrected chi connectivity index (χ2v) is 14.3. The fourth-order valence-corrected chi connectivity index (χ4v) is 7.56. The van der Waals surface area contributed by atoms with Crippen molar-refractivity contribution < 1.29 is 0 Å². The van der Waals surface area contributed by atoms with E-state index >= 15 is 0 Å². The standard InChI is InChI=1S/C53H36N4/c1-35-17-18-44-31-32-46-47(33-48(41-13-7-3-8-14-41)55-52(46)51(44)54-35)40-25-19-38(20-26-40)39-23-29-43(30-24-39)50-34-49(56-53(57-50)45-15-9-4-10-16-45)42-27-21-37(22-28-42)36-11-5-2-6-12-36/h2-34H,1H3. The van der Waals surface area contributed by atoms with Gasteiger partial charge in [-0.2, -0.15) is 0 Å². The van der Waals surface area contributed by atoms with Crippen LogP contribution in [0.2, 0.25) is 0 Å². The molecule has 0 amide bonds. The zero-order valence-corrected chi connectivity index (χ0v) is 31.3. The largest absolute Gasteiger partial charge is 0.251 e. The van der Waals surface area contributed by atoms with Crippen molar-refractivity contribution in [2.45, 2.75) is 6.92 Å². The van der Waals surface area contributed by atoms with Crippen LogP contribution in [0.25, 0.3) is 100 Å². The summed E-state index contributed by atoms with van der Waals surface area (Å²) < 4.78 is 0. The number of fused-ring (bicyclic) bond motifs is 3. The van der Waals surface area contributed by atoms with Crippen LogP contribution >= 0.6 is 0 Å². The van der Waals surface area contributed by atoms with Gasteiger partial charge in [-0.25, -0.2) is 15.0 Å². The molecule has 10 rings (SSSR count). The second kappa shape index (κ2) is 14.6. The maximum atomic E-state index is 5.19. The third-order valence-corrected chi connectivity index (χ3v) is 10.6. The Morgan fingerprint density at radius 2 is 0.719 bits per heavy atom. The minimum Gasteiger partial charge on any atom is -0.251 e. The third-order valence-electron chi connectivity index (χ3n) is 10.6. The highest BCUT2D eigenvalue weighted by atomic mass is 14.9. The van der Waals surface area contributed by atoms with Crippen molar-refractivity contribution in [1.82, 2.24) is 19.9 Å². The van der Waals surface area contributed by atoms with Gasteiger partial charge in [-0.3, -0.25) is 4.98 Å². The fraction of sp³-hybridized carbons (Fsp3) is 0.0189. The first kappa shape index (κ1) is 34.0. The highest BCUT2D eigenvalue weighted by Crippen LogP contribution is 2.37. The molecule has 4 heteroatoms. The third kappa shape index (κ3) is 6.75. The topological polar surface area (TPSA) is 51.6 Å². The van der Waals surface area contributed by atoms with Gasteiger partial charge in [0.1, 0.15) is 0 Å². The van der Waals surface area contributed by atoms with Gasteiger partial charge < -0.3 is 0 Å². The lowest BCUT2D eigenvalue weighted by molar-refractivity contribution is 1.18. The van der Waals surface area contributed by atoms with E-state index in [0.29, 0.717) is 5.82 Å². The normalized spacial score (nSPS) is 11.2. The molecule has 0 aliphatic heterocycles. The number of nitrogens with zero attached hydrogens (tertiary/aromatic N) is 4. The molecular formula is C53H36N4. The van der Waals surface area contributed by atoms with E-state index in [1.807, 2.05) is 37.3 Å². The zero-order chi connectivity index (χ0) is 38.1. The summed E-state index contributed by atoms with van der Waals surface area (Å²) in [7, 11) is 0. The van der Waals surface area contributed by atoms with Crippen LogP contribution in [0.3, 0.4) is 0 Å². The minimum absolute atomic E-state index is 0.702. The highest BCUT2D eigenvalue weighted by molar-refractivity contribution is 6.09. The van der Waals surface area contributed by atoms with Crippen LogP contribution < -0.4 is 0 Å². The average Bonchev–Trinajstić information content (AvgIpc) is 3.29. The lowest BCUT2D eigenvalue weighted by Crippen LogP contribution is -1.96. The van der Waals surface area contributed by atoms with Gasteiger partial charge in [0.2, 0.25) is 0 Å². The lowest BCUT2D eigenvalue weighted by atomic mass is 9.95. The molecule has 0 N–H and O–H groups in total. The predicted octanol–water partition coefficient (Wildman–Crippen LogP) is 13.6. The molecule has 10 aromatic rings. The van der Waals surface area contributed by atoms with Crippen molar-refractivity contribution in [3.05, 3.63) is 206 Å². The number of benzene rings is 7. The molecule has 0 saturated carbocycles. The van der Waals surface area contributed by atoms with Gasteiger partial charge in [0, 0.05) is 38.7 Å². The lowest BCUT2D eigenvalue weighted by Gasteiger charge is -2.13. The van der Waals surface area contributed by atoms with Crippen LogP contribution in [0.4, 0.5) is 0 Å². The van der Waals surface area contributed by atoms with Crippen LogP contribution in [0.5, 0.6) is 0 Å². The molecule has 268 valence electrons. The van der Waals surface area contributed by atoms with Crippen LogP contribution in [0.15, 0.2) is 200 Å². The number of hydrogen-bond acceptors (Lipinski definition) is 4. The summed E-state index contributed by atoms with van der Waals surface area (Å²) in [5, 5.41) is 2.17. The summed E-state index contributed by atoms with van der Waals surface area (Å²) in [5.41, 5.74) is 16.6. The van der Waals surface area contributed by atoms with Gasteiger partial charge in [-0.15, -0.1) is 0 Å². The summed E-state index contributed by atoms with van der Waals surface area (Å²) in [6.07, 6.45) is 0. The zero-order valence-electron chi connectivity index (χ0n) is 31.3. The molecule has 0 bridgehead atoms. The predicted molar refractivity (Wildman–Crippen MR) is 235 cm³/mol. The molecule has 0 saturated heterocycles. The van der Waals surface area contributed by atoms with E-state index in [1.165, 1.54) is 11.1 Å². The first-order chi connectivity index (χ1) is 28.1. The summed E-state index contributed by atoms with van der Waals surface area (Å²) in [5.74, 6) is 0.702. The van der Waals surface area contributed by atoms with Crippen molar-refractivity contribution in [3.8, 4) is 78.5 Å². The van der Waals surface area contributed by atoms with E-state index in [-0.39, 0.29) is 0 Å². The van der Waals surface area contributed by atoms with Gasteiger partial charge in [0.05, 0.1) is 28.1 Å². The molecule has 0 aliphatic carbocycles. The summed E-state index contributed by atoms with van der Waals surface area (Å²) in [6, 6.07) is 70.0. The van der Waals surface area contributed by atoms with Crippen molar-refractivity contribution >= 4 is 21.8 Å². The maximum absolute atomic E-state index is 5.19. The first-order valence-corrected chi connectivity index (χ1v) is 19.2. The molecule has 57 heavy (non-hydrogen) atoms. The van der Waals surface area contributed by atoms with Crippen molar-refractivity contribution in [2.24, 2.45) is 0 Å². The van der Waals surface area contributed by atoms with E-state index in [1.54, 1.807) is 0 Å². The molecule has 0 spiro atoms. The SMILES string of the molecule is Cc1ccc2ccc3c(-c4ccc(-c5ccc(-c6cc(-c7ccc(-c8ccccc8)cc7)nc(-c7ccccc7)n6)cc5)cc4)cc(-c4ccccc4)nc3c2n1. The average molecular weight is 729 g/mol. The van der Waals surface area contributed by atoms with Gasteiger partial charge in [-0.05, 0) is 58.5 Å². The van der Waals surface area contributed by atoms with Gasteiger partial charge in [0.15, 0.2) is 5.82 Å². The molecule has 0 atom stereocenters. The number of pyridine rings is 2. The number of aromatic nitrogens is 4. The summed E-state index contributed by atoms with van der Waals surface area (Å²) >= 11 is 0. The Balaban J connectivity index is 0.993. The van der Waals surface area contributed by atoms with Crippen molar-refractivity contribution in [3.63, 3.8) is 0 Å². The van der Waals surface area contributed by atoms with Gasteiger partial charge in [0.25, 0.3) is 0 Å². The van der Waals surface area contributed by atoms with Crippen molar-refractivity contribution in [1.29, 1.82) is 0 Å². The summed E-state index contributed by atoms with van der Waals surface area (Å²) in [6.45, 7) is 2.03. The molecule has 0 radical (unpaired) electrons. The molecule has 3 heterocycles. The molecular weight excluding hydrogens is 693 g/mol. The van der Waals surface area contributed by atoms with Crippen LogP contribution in [-0.4, -0.2) is 19.9 Å². The fourth-order valence-electron chi connectivity index (χ4n) is 7.56. The van der Waals surface area contributed by atoms with Gasteiger partial charge >= 0.3 is 0 Å². The Kier molecular flexibility index (Phi) is 8.69. The smallest absolute Gasteiger partial charge is 0.160 e. The molecule has 0 unspecified atom stereocenters. The van der Waals surface area contributed by atoms with Crippen LogP contribution in [0, 0.1) is 6.92 Å². The van der Waals surface area contributed by atoms with E-state index < -0.39 is 0 Å². The Bertz CT molecular complexity index is 3020. The van der Waals surface area contributed by atoms with Crippen LogP contribution in [0.1, 0.15) is 5.69 Å².